The second kappa shape index (κ2) is 17.2. The Morgan fingerprint density at radius 3 is 2.41 bits per heavy atom. The van der Waals surface area contributed by atoms with Crippen molar-refractivity contribution in [1.82, 2.24) is 30.0 Å². The highest BCUT2D eigenvalue weighted by molar-refractivity contribution is 7.64. The van der Waals surface area contributed by atoms with Crippen molar-refractivity contribution < 1.29 is 28.3 Å². The fourth-order valence-corrected chi connectivity index (χ4v) is 9.55. The number of fused-ring (bicyclic) bond motifs is 1. The third kappa shape index (κ3) is 8.34. The molecule has 1 unspecified atom stereocenters. The summed E-state index contributed by atoms with van der Waals surface area (Å²) < 4.78 is 21.7. The minimum atomic E-state index is -1.14. The van der Waals surface area contributed by atoms with Crippen molar-refractivity contribution in [1.29, 1.82) is 0 Å². The number of halogens is 2. The summed E-state index contributed by atoms with van der Waals surface area (Å²) in [5.41, 5.74) is 2.75. The molecule has 17 heteroatoms. The minimum Gasteiger partial charge on any atom is -0.494 e. The molecule has 3 fully saturated rings. The lowest BCUT2D eigenvalue weighted by Crippen LogP contribution is -2.54. The van der Waals surface area contributed by atoms with Crippen molar-refractivity contribution in [2.24, 2.45) is 0 Å². The van der Waals surface area contributed by atoms with Crippen molar-refractivity contribution in [2.45, 2.75) is 44.3 Å². The standard InChI is InChI=1S/C42H46ClFN9O5P/c1-58-33-22-27(9-11-30(33)47-42-45-23-29(43)38(49-42)46-31-6-4-5-7-34(31)59(2)3)51-16-14-26(15-17-51)52-20-18-50(19-21-52)24-25-8-10-28-36(37(25)44)41(57)53(40(28)56)32-12-13-35(54)48-39(32)55/h4-11,22-23,26,32H,12-21,24H2,1-3H3,(H,48,54,55)(H2,45,46,47,49). The van der Waals surface area contributed by atoms with E-state index in [-0.39, 0.29) is 31.9 Å². The molecule has 308 valence electrons. The van der Waals surface area contributed by atoms with Crippen LogP contribution >= 0.6 is 19.5 Å². The number of benzene rings is 3. The summed E-state index contributed by atoms with van der Waals surface area (Å²) in [5.74, 6) is -1.88. The monoisotopic (exact) mass is 841 g/mol. The average Bonchev–Trinajstić information content (AvgIpc) is 3.49. The van der Waals surface area contributed by atoms with Gasteiger partial charge >= 0.3 is 0 Å². The molecule has 4 aromatic rings. The zero-order valence-electron chi connectivity index (χ0n) is 33.1. The van der Waals surface area contributed by atoms with Gasteiger partial charge in [-0.2, -0.15) is 4.98 Å². The van der Waals surface area contributed by atoms with E-state index in [1.807, 2.05) is 30.3 Å². The van der Waals surface area contributed by atoms with E-state index in [4.69, 9.17) is 16.3 Å². The number of hydrogen-bond donors (Lipinski definition) is 3. The number of carbonyl (C=O) groups is 4. The molecule has 0 aliphatic carbocycles. The van der Waals surface area contributed by atoms with Gasteiger partial charge < -0.3 is 20.3 Å². The molecule has 14 nitrogen and oxygen atoms in total. The van der Waals surface area contributed by atoms with Crippen LogP contribution in [0.25, 0.3) is 0 Å². The number of amides is 4. The first-order valence-electron chi connectivity index (χ1n) is 19.7. The number of anilines is 5. The van der Waals surface area contributed by atoms with Crippen molar-refractivity contribution in [2.75, 3.05) is 75.2 Å². The van der Waals surface area contributed by atoms with Gasteiger partial charge in [-0.05, 0) is 62.2 Å². The molecule has 59 heavy (non-hydrogen) atoms. The predicted molar refractivity (Wildman–Crippen MR) is 227 cm³/mol. The minimum absolute atomic E-state index is 0.00210. The summed E-state index contributed by atoms with van der Waals surface area (Å²) in [6.45, 7) is 9.62. The van der Waals surface area contributed by atoms with Gasteiger partial charge in [0.2, 0.25) is 17.8 Å². The molecule has 1 atom stereocenters. The molecule has 0 saturated carbocycles. The molecule has 0 spiro atoms. The summed E-state index contributed by atoms with van der Waals surface area (Å²) in [4.78, 5) is 67.4. The van der Waals surface area contributed by atoms with Crippen LogP contribution in [0.3, 0.4) is 0 Å². The molecule has 1 aromatic heterocycles. The maximum Gasteiger partial charge on any atom is 0.265 e. The summed E-state index contributed by atoms with van der Waals surface area (Å²) in [7, 11) is 1.31. The first-order chi connectivity index (χ1) is 28.5. The Morgan fingerprint density at radius 2 is 1.68 bits per heavy atom. The van der Waals surface area contributed by atoms with Crippen molar-refractivity contribution in [3.8, 4) is 5.75 Å². The summed E-state index contributed by atoms with van der Waals surface area (Å²) in [6, 6.07) is 16.6. The fraction of sp³-hybridized carbons (Fsp3) is 0.381. The van der Waals surface area contributed by atoms with Crippen LogP contribution in [0.15, 0.2) is 60.8 Å². The Kier molecular flexibility index (Phi) is 11.8. The van der Waals surface area contributed by atoms with E-state index < -0.39 is 35.5 Å². The summed E-state index contributed by atoms with van der Waals surface area (Å²) >= 11 is 6.51. The molecule has 4 aliphatic heterocycles. The van der Waals surface area contributed by atoms with Crippen LogP contribution in [-0.4, -0.2) is 120 Å². The first kappa shape index (κ1) is 40.6. The number of piperidine rings is 2. The smallest absolute Gasteiger partial charge is 0.265 e. The summed E-state index contributed by atoms with van der Waals surface area (Å²) in [6.07, 6.45) is 3.59. The maximum absolute atomic E-state index is 15.9. The normalized spacial score (nSPS) is 19.3. The molecule has 3 aromatic carbocycles. The highest BCUT2D eigenvalue weighted by Gasteiger charge is 2.46. The van der Waals surface area contributed by atoms with Crippen molar-refractivity contribution in [3.63, 3.8) is 0 Å². The van der Waals surface area contributed by atoms with E-state index >= 15 is 4.39 Å². The molecule has 4 aliphatic rings. The Labute approximate surface area is 348 Å². The van der Waals surface area contributed by atoms with Gasteiger partial charge in [-0.25, -0.2) is 9.37 Å². The van der Waals surface area contributed by atoms with E-state index in [1.54, 1.807) is 19.4 Å². The predicted octanol–water partition coefficient (Wildman–Crippen LogP) is 5.32. The molecule has 5 heterocycles. The molecular formula is C42H46ClFN9O5P. The van der Waals surface area contributed by atoms with E-state index in [1.165, 1.54) is 11.4 Å². The molecule has 4 amide bonds. The van der Waals surface area contributed by atoms with Gasteiger partial charge in [-0.15, -0.1) is 0 Å². The number of rotatable bonds is 11. The SMILES string of the molecule is COc1cc(N2CCC(N3CCN(Cc4ccc5c(c4F)C(=O)N(C4CCC(=O)NC4=O)C5=O)CC3)CC2)ccc1Nc1ncc(Cl)c(Nc2ccccc2P(C)C)n1. The lowest BCUT2D eigenvalue weighted by molar-refractivity contribution is -0.136. The van der Waals surface area contributed by atoms with Crippen LogP contribution < -0.4 is 30.9 Å². The quantitative estimate of drug-likeness (QED) is 0.133. The highest BCUT2D eigenvalue weighted by atomic mass is 35.5. The summed E-state index contributed by atoms with van der Waals surface area (Å²) in [5, 5.41) is 10.5. The van der Waals surface area contributed by atoms with E-state index in [9.17, 15) is 19.2 Å². The van der Waals surface area contributed by atoms with Gasteiger partial charge in [0.25, 0.3) is 11.8 Å². The fourth-order valence-electron chi connectivity index (χ4n) is 8.41. The number of carbonyl (C=O) groups excluding carboxylic acids is 4. The molecule has 0 bridgehead atoms. The zero-order valence-corrected chi connectivity index (χ0v) is 34.8. The molecular weight excluding hydrogens is 796 g/mol. The molecule has 0 radical (unpaired) electrons. The van der Waals surface area contributed by atoms with Crippen LogP contribution in [0.5, 0.6) is 5.75 Å². The average molecular weight is 842 g/mol. The molecule has 3 saturated heterocycles. The van der Waals surface area contributed by atoms with Crippen LogP contribution in [0.4, 0.5) is 33.2 Å². The lowest BCUT2D eigenvalue weighted by Gasteiger charge is -2.43. The van der Waals surface area contributed by atoms with Crippen molar-refractivity contribution in [3.05, 3.63) is 88.3 Å². The number of methoxy groups -OCH3 is 1. The van der Waals surface area contributed by atoms with Crippen molar-refractivity contribution >= 4 is 77.3 Å². The molecule has 8 rings (SSSR count). The highest BCUT2D eigenvalue weighted by Crippen LogP contribution is 2.36. The Bertz CT molecular complexity index is 2300. The van der Waals surface area contributed by atoms with E-state index in [0.717, 1.165) is 74.1 Å². The Morgan fingerprint density at radius 1 is 0.915 bits per heavy atom. The number of piperazine rings is 1. The van der Waals surface area contributed by atoms with Crippen LogP contribution in [-0.2, 0) is 16.1 Å². The number of para-hydroxylation sites is 1. The number of hydrogen-bond acceptors (Lipinski definition) is 12. The number of imide groups is 2. The number of aromatic nitrogens is 2. The van der Waals surface area contributed by atoms with Crippen LogP contribution in [0.1, 0.15) is 52.0 Å². The zero-order chi connectivity index (χ0) is 41.4. The Hall–Kier alpha value is -5.21. The first-order valence-corrected chi connectivity index (χ1v) is 22.4. The van der Waals surface area contributed by atoms with Gasteiger partial charge in [0.05, 0.1) is 30.1 Å². The topological polar surface area (TPSA) is 152 Å². The maximum atomic E-state index is 15.9. The van der Waals surface area contributed by atoms with E-state index in [2.05, 4.69) is 66.1 Å². The number of nitrogens with one attached hydrogen (secondary N) is 3. The largest absolute Gasteiger partial charge is 0.494 e. The van der Waals surface area contributed by atoms with Gasteiger partial charge in [0.15, 0.2) is 5.82 Å². The van der Waals surface area contributed by atoms with Gasteiger partial charge in [-0.1, -0.05) is 43.8 Å². The number of ether oxygens (including phenoxy) is 1. The second-order valence-corrected chi connectivity index (χ2v) is 18.1. The van der Waals surface area contributed by atoms with Gasteiger partial charge in [-0.3, -0.25) is 39.2 Å². The lowest BCUT2D eigenvalue weighted by atomic mass is 10.0. The molecule has 3 N–H and O–H groups in total. The third-order valence-corrected chi connectivity index (χ3v) is 13.2. The van der Waals surface area contributed by atoms with Gasteiger partial charge in [0, 0.05) is 81.3 Å². The Balaban J connectivity index is 0.841. The second-order valence-electron chi connectivity index (χ2n) is 15.4. The van der Waals surface area contributed by atoms with Gasteiger partial charge in [0.1, 0.15) is 22.6 Å². The third-order valence-electron chi connectivity index (χ3n) is 11.6. The van der Waals surface area contributed by atoms with E-state index in [0.29, 0.717) is 40.7 Å². The number of nitrogens with zero attached hydrogens (tertiary/aromatic N) is 6. The van der Waals surface area contributed by atoms with Crippen LogP contribution in [0.2, 0.25) is 5.02 Å². The van der Waals surface area contributed by atoms with Crippen LogP contribution in [0, 0.1) is 5.82 Å².